The summed E-state index contributed by atoms with van der Waals surface area (Å²) in [7, 11) is 0. The number of fused-ring (bicyclic) bond motifs is 3. The van der Waals surface area contributed by atoms with Crippen LogP contribution < -0.4 is 0 Å². The maximum absolute atomic E-state index is 12.3. The van der Waals surface area contributed by atoms with Crippen molar-refractivity contribution < 1.29 is 9.21 Å². The van der Waals surface area contributed by atoms with E-state index in [4.69, 9.17) is 4.42 Å². The molecule has 4 aromatic rings. The number of ketones is 1. The Balaban J connectivity index is 1.70. The molecule has 0 fully saturated rings. The molecule has 2 aromatic carbocycles. The minimum absolute atomic E-state index is 0.0705. The number of thioether (sulfide) groups is 1. The Hall–Kier alpha value is -2.66. The van der Waals surface area contributed by atoms with Gasteiger partial charge in [-0.1, -0.05) is 54.2 Å². The van der Waals surface area contributed by atoms with Gasteiger partial charge in [0.25, 0.3) is 0 Å². The lowest BCUT2D eigenvalue weighted by atomic mass is 10.2. The number of para-hydroxylation sites is 1. The Bertz CT molecular complexity index is 1040. The molecule has 4 rings (SSSR count). The lowest BCUT2D eigenvalue weighted by molar-refractivity contribution is 0.102. The van der Waals surface area contributed by atoms with Crippen molar-refractivity contribution in [2.75, 3.05) is 5.75 Å². The first kappa shape index (κ1) is 14.9. The number of aromatic nitrogens is 2. The van der Waals surface area contributed by atoms with Gasteiger partial charge < -0.3 is 4.42 Å². The maximum atomic E-state index is 12.3. The molecule has 0 unspecified atom stereocenters. The molecule has 0 saturated heterocycles. The van der Waals surface area contributed by atoms with E-state index in [-0.39, 0.29) is 5.78 Å². The van der Waals surface area contributed by atoms with Crippen molar-refractivity contribution in [3.05, 3.63) is 66.0 Å². The van der Waals surface area contributed by atoms with Gasteiger partial charge in [-0.3, -0.25) is 4.79 Å². The average Bonchev–Trinajstić information content (AvgIpc) is 2.99. The zero-order chi connectivity index (χ0) is 16.5. The second-order valence-corrected chi connectivity index (χ2v) is 6.39. The van der Waals surface area contributed by atoms with Gasteiger partial charge in [0.15, 0.2) is 11.4 Å². The van der Waals surface area contributed by atoms with E-state index in [1.54, 1.807) is 0 Å². The summed E-state index contributed by atoms with van der Waals surface area (Å²) in [6.45, 7) is 1.85. The van der Waals surface area contributed by atoms with Crippen molar-refractivity contribution in [2.45, 2.75) is 11.9 Å². The molecule has 0 aliphatic heterocycles. The average molecular weight is 334 g/mol. The first-order valence-corrected chi connectivity index (χ1v) is 8.58. The van der Waals surface area contributed by atoms with Gasteiger partial charge in [-0.2, -0.15) is 0 Å². The zero-order valence-electron chi connectivity index (χ0n) is 13.0. The van der Waals surface area contributed by atoms with E-state index in [1.165, 1.54) is 11.8 Å². The molecule has 4 nitrogen and oxygen atoms in total. The van der Waals surface area contributed by atoms with E-state index < -0.39 is 0 Å². The first-order chi connectivity index (χ1) is 11.7. The van der Waals surface area contributed by atoms with Gasteiger partial charge in [-0.05, 0) is 19.1 Å². The van der Waals surface area contributed by atoms with E-state index >= 15 is 0 Å². The van der Waals surface area contributed by atoms with Crippen LogP contribution in [0.4, 0.5) is 0 Å². The van der Waals surface area contributed by atoms with Gasteiger partial charge >= 0.3 is 0 Å². The second kappa shape index (κ2) is 6.09. The predicted octanol–water partition coefficient (Wildman–Crippen LogP) is 4.66. The highest BCUT2D eigenvalue weighted by Crippen LogP contribution is 2.33. The van der Waals surface area contributed by atoms with Crippen molar-refractivity contribution in [1.29, 1.82) is 0 Å². The number of carbonyl (C=O) groups excluding carboxylic acids is 1. The third kappa shape index (κ3) is 2.67. The molecule has 118 valence electrons. The van der Waals surface area contributed by atoms with Gasteiger partial charge in [0.05, 0.1) is 5.75 Å². The fourth-order valence-corrected chi connectivity index (χ4v) is 3.51. The summed E-state index contributed by atoms with van der Waals surface area (Å²) >= 11 is 1.39. The summed E-state index contributed by atoms with van der Waals surface area (Å²) in [6.07, 6.45) is 0. The number of benzene rings is 2. The highest BCUT2D eigenvalue weighted by Gasteiger charge is 2.16. The van der Waals surface area contributed by atoms with Gasteiger partial charge in [0.2, 0.25) is 0 Å². The van der Waals surface area contributed by atoms with Crippen LogP contribution in [0.5, 0.6) is 0 Å². The molecule has 2 aromatic heterocycles. The van der Waals surface area contributed by atoms with Crippen LogP contribution in [-0.2, 0) is 0 Å². The molecule has 0 aliphatic rings. The van der Waals surface area contributed by atoms with Crippen LogP contribution >= 0.6 is 11.8 Å². The Morgan fingerprint density at radius 3 is 2.62 bits per heavy atom. The molecule has 0 spiro atoms. The van der Waals surface area contributed by atoms with Crippen molar-refractivity contribution in [1.82, 2.24) is 9.97 Å². The van der Waals surface area contributed by atoms with Crippen LogP contribution in [0, 0.1) is 6.92 Å². The van der Waals surface area contributed by atoms with E-state index in [2.05, 4.69) is 9.97 Å². The summed E-state index contributed by atoms with van der Waals surface area (Å²) in [4.78, 5) is 21.3. The fraction of sp³-hybridized carbons (Fsp3) is 0.105. The van der Waals surface area contributed by atoms with Gasteiger partial charge in [-0.25, -0.2) is 9.97 Å². The van der Waals surface area contributed by atoms with E-state index in [0.717, 1.165) is 16.5 Å². The SMILES string of the molecule is Cc1nc(SCC(=O)c2ccccc2)c2oc3ccccc3c2n1. The first-order valence-electron chi connectivity index (χ1n) is 7.59. The second-order valence-electron chi connectivity index (χ2n) is 5.43. The Labute approximate surface area is 142 Å². The molecule has 5 heteroatoms. The quantitative estimate of drug-likeness (QED) is 0.309. The summed E-state index contributed by atoms with van der Waals surface area (Å²) in [5.41, 5.74) is 2.93. The monoisotopic (exact) mass is 334 g/mol. The van der Waals surface area contributed by atoms with Crippen molar-refractivity contribution >= 4 is 39.6 Å². The molecular formula is C19H14N2O2S. The number of hydrogen-bond acceptors (Lipinski definition) is 5. The molecule has 0 N–H and O–H groups in total. The number of furan rings is 1. The summed E-state index contributed by atoms with van der Waals surface area (Å²) in [5.74, 6) is 1.05. The summed E-state index contributed by atoms with van der Waals surface area (Å²) < 4.78 is 5.92. The Morgan fingerprint density at radius 2 is 1.79 bits per heavy atom. The highest BCUT2D eigenvalue weighted by atomic mass is 32.2. The maximum Gasteiger partial charge on any atom is 0.186 e. The smallest absolute Gasteiger partial charge is 0.186 e. The highest BCUT2D eigenvalue weighted by molar-refractivity contribution is 8.00. The van der Waals surface area contributed by atoms with E-state index in [9.17, 15) is 4.79 Å². The van der Waals surface area contributed by atoms with Gasteiger partial charge in [0, 0.05) is 10.9 Å². The largest absolute Gasteiger partial charge is 0.451 e. The van der Waals surface area contributed by atoms with Crippen LogP contribution in [0.25, 0.3) is 22.1 Å². The molecule has 0 saturated carbocycles. The fourth-order valence-electron chi connectivity index (χ4n) is 2.61. The predicted molar refractivity (Wildman–Crippen MR) is 95.5 cm³/mol. The molecule has 0 atom stereocenters. The third-order valence-corrected chi connectivity index (χ3v) is 4.69. The molecule has 24 heavy (non-hydrogen) atoms. The van der Waals surface area contributed by atoms with Crippen LogP contribution in [0.3, 0.4) is 0 Å². The Morgan fingerprint density at radius 1 is 1.04 bits per heavy atom. The van der Waals surface area contributed by atoms with Crippen LogP contribution in [-0.4, -0.2) is 21.5 Å². The lowest BCUT2D eigenvalue weighted by Gasteiger charge is -2.03. The molecule has 0 bridgehead atoms. The topological polar surface area (TPSA) is 56.0 Å². The lowest BCUT2D eigenvalue weighted by Crippen LogP contribution is -2.02. The molecule has 0 aliphatic carbocycles. The number of aryl methyl sites for hydroxylation is 1. The number of hydrogen-bond donors (Lipinski definition) is 0. The third-order valence-electron chi connectivity index (χ3n) is 3.74. The number of rotatable bonds is 4. The van der Waals surface area contributed by atoms with Crippen LogP contribution in [0.1, 0.15) is 16.2 Å². The Kier molecular flexibility index (Phi) is 3.78. The zero-order valence-corrected chi connectivity index (χ0v) is 13.8. The van der Waals surface area contributed by atoms with E-state index in [1.807, 2.05) is 61.5 Å². The molecule has 0 amide bonds. The standard InChI is InChI=1S/C19H14N2O2S/c1-12-20-17-14-9-5-6-10-16(14)23-18(17)19(21-12)24-11-15(22)13-7-3-2-4-8-13/h2-10H,11H2,1H3. The molecule has 2 heterocycles. The molecular weight excluding hydrogens is 320 g/mol. The summed E-state index contributed by atoms with van der Waals surface area (Å²) in [5, 5.41) is 1.67. The minimum Gasteiger partial charge on any atom is -0.451 e. The molecule has 0 radical (unpaired) electrons. The number of Topliss-reactive ketones (excluding diaryl/α,β-unsaturated/α-hetero) is 1. The number of carbonyl (C=O) groups is 1. The van der Waals surface area contributed by atoms with Gasteiger partial charge in [-0.15, -0.1) is 0 Å². The van der Waals surface area contributed by atoms with E-state index in [0.29, 0.717) is 27.7 Å². The van der Waals surface area contributed by atoms with Crippen molar-refractivity contribution in [3.8, 4) is 0 Å². The van der Waals surface area contributed by atoms with Crippen LogP contribution in [0.2, 0.25) is 0 Å². The van der Waals surface area contributed by atoms with Crippen LogP contribution in [0.15, 0.2) is 64.0 Å². The summed E-state index contributed by atoms with van der Waals surface area (Å²) in [6, 6.07) is 17.1. The normalized spacial score (nSPS) is 11.2. The van der Waals surface area contributed by atoms with Crippen molar-refractivity contribution in [3.63, 3.8) is 0 Å². The number of nitrogens with zero attached hydrogens (tertiary/aromatic N) is 2. The minimum atomic E-state index is 0.0705. The van der Waals surface area contributed by atoms with Crippen molar-refractivity contribution in [2.24, 2.45) is 0 Å². The van der Waals surface area contributed by atoms with Gasteiger partial charge in [0.1, 0.15) is 22.0 Å².